The van der Waals surface area contributed by atoms with Gasteiger partial charge in [-0.2, -0.15) is 18.4 Å². The molecule has 3 aromatic rings. The molecule has 0 aromatic heterocycles. The summed E-state index contributed by atoms with van der Waals surface area (Å²) in [6, 6.07) is 16.7. The molecule has 34 heavy (non-hydrogen) atoms. The number of ether oxygens (including phenoxy) is 1. The number of amides is 1. The molecule has 0 saturated heterocycles. The summed E-state index contributed by atoms with van der Waals surface area (Å²) in [4.78, 5) is 24.6. The predicted octanol–water partition coefficient (Wildman–Crippen LogP) is 6.89. The van der Waals surface area contributed by atoms with Gasteiger partial charge < -0.3 is 10.1 Å². The number of alkyl halides is 3. The van der Waals surface area contributed by atoms with E-state index in [4.69, 9.17) is 16.3 Å². The summed E-state index contributed by atoms with van der Waals surface area (Å²) < 4.78 is 44.9. The summed E-state index contributed by atoms with van der Waals surface area (Å²) in [5.74, 6) is -1.26. The number of hydrogen-bond acceptors (Lipinski definition) is 4. The Morgan fingerprint density at radius 1 is 1.03 bits per heavy atom. The molecule has 1 N–H and O–H groups in total. The Morgan fingerprint density at radius 2 is 1.68 bits per heavy atom. The highest BCUT2D eigenvalue weighted by Crippen LogP contribution is 2.34. The van der Waals surface area contributed by atoms with E-state index in [1.54, 1.807) is 30.3 Å². The van der Waals surface area contributed by atoms with Gasteiger partial charge in [-0.1, -0.05) is 39.7 Å². The number of anilines is 1. The molecule has 0 spiro atoms. The molecule has 10 heteroatoms. The van der Waals surface area contributed by atoms with Gasteiger partial charge in [0.25, 0.3) is 5.91 Å². The number of nitrogens with one attached hydrogen (secondary N) is 1. The molecular formula is C24H13BrClF3N2O3. The van der Waals surface area contributed by atoms with E-state index in [0.717, 1.165) is 16.6 Å². The first kappa shape index (κ1) is 25.0. The van der Waals surface area contributed by atoms with Crippen molar-refractivity contribution in [1.29, 1.82) is 5.26 Å². The average Bonchev–Trinajstić information content (AvgIpc) is 2.79. The van der Waals surface area contributed by atoms with Crippen molar-refractivity contribution in [3.63, 3.8) is 0 Å². The van der Waals surface area contributed by atoms with Gasteiger partial charge in [0.05, 0.1) is 21.8 Å². The van der Waals surface area contributed by atoms with Crippen molar-refractivity contribution in [2.45, 2.75) is 6.18 Å². The monoisotopic (exact) mass is 548 g/mol. The summed E-state index contributed by atoms with van der Waals surface area (Å²) in [7, 11) is 0. The number of nitrogens with zero attached hydrogens (tertiary/aromatic N) is 1. The number of esters is 1. The molecule has 3 aromatic carbocycles. The lowest BCUT2D eigenvalue weighted by atomic mass is 10.1. The van der Waals surface area contributed by atoms with Crippen molar-refractivity contribution in [2.75, 3.05) is 5.32 Å². The zero-order valence-corrected chi connectivity index (χ0v) is 19.3. The van der Waals surface area contributed by atoms with E-state index in [0.29, 0.717) is 17.2 Å². The van der Waals surface area contributed by atoms with Gasteiger partial charge in [-0.25, -0.2) is 4.79 Å². The van der Waals surface area contributed by atoms with Crippen LogP contribution in [0.3, 0.4) is 0 Å². The summed E-state index contributed by atoms with van der Waals surface area (Å²) in [6.45, 7) is 0. The standard InChI is InChI=1S/C24H13BrClF3N2O3/c25-18-6-3-15(4-7-18)23(33)34-19-8-1-14(2-9-19)11-16(13-30)22(32)31-21-12-17(24(27,28)29)5-10-20(21)26/h1-12H,(H,31,32). The minimum absolute atomic E-state index is 0.115. The molecular weight excluding hydrogens is 537 g/mol. The second-order valence-electron chi connectivity index (χ2n) is 6.78. The number of halogens is 5. The molecule has 0 heterocycles. The van der Waals surface area contributed by atoms with Crippen LogP contribution in [0.25, 0.3) is 6.08 Å². The highest BCUT2D eigenvalue weighted by atomic mass is 79.9. The third kappa shape index (κ3) is 6.47. The molecule has 0 atom stereocenters. The second kappa shape index (κ2) is 10.5. The van der Waals surface area contributed by atoms with Gasteiger partial charge in [0, 0.05) is 4.47 Å². The van der Waals surface area contributed by atoms with Gasteiger partial charge in [-0.3, -0.25) is 4.79 Å². The summed E-state index contributed by atoms with van der Waals surface area (Å²) in [5, 5.41) is 11.4. The van der Waals surface area contributed by atoms with Crippen LogP contribution < -0.4 is 10.1 Å². The first-order valence-corrected chi connectivity index (χ1v) is 10.6. The summed E-state index contributed by atoms with van der Waals surface area (Å²) >= 11 is 9.16. The van der Waals surface area contributed by atoms with Crippen LogP contribution in [0.1, 0.15) is 21.5 Å². The average molecular weight is 550 g/mol. The lowest BCUT2D eigenvalue weighted by Crippen LogP contribution is -2.15. The molecule has 0 aliphatic rings. The zero-order valence-electron chi connectivity index (χ0n) is 17.0. The number of benzene rings is 3. The zero-order chi connectivity index (χ0) is 24.9. The van der Waals surface area contributed by atoms with Crippen molar-refractivity contribution in [2.24, 2.45) is 0 Å². The van der Waals surface area contributed by atoms with Crippen LogP contribution >= 0.6 is 27.5 Å². The van der Waals surface area contributed by atoms with E-state index in [1.165, 1.54) is 30.3 Å². The van der Waals surface area contributed by atoms with E-state index in [-0.39, 0.29) is 22.0 Å². The number of rotatable bonds is 5. The maximum atomic E-state index is 12.9. The molecule has 0 bridgehead atoms. The Labute approximate surface area is 205 Å². The molecule has 3 rings (SSSR count). The normalized spacial score (nSPS) is 11.5. The van der Waals surface area contributed by atoms with Gasteiger partial charge in [0.1, 0.15) is 17.4 Å². The van der Waals surface area contributed by atoms with E-state index in [2.05, 4.69) is 21.2 Å². The quantitative estimate of drug-likeness (QED) is 0.163. The fraction of sp³-hybridized carbons (Fsp3) is 0.0417. The van der Waals surface area contributed by atoms with E-state index in [9.17, 15) is 28.0 Å². The largest absolute Gasteiger partial charge is 0.423 e. The first-order chi connectivity index (χ1) is 16.1. The molecule has 0 unspecified atom stereocenters. The van der Waals surface area contributed by atoms with Crippen molar-refractivity contribution in [3.8, 4) is 11.8 Å². The van der Waals surface area contributed by atoms with Gasteiger partial charge >= 0.3 is 12.1 Å². The van der Waals surface area contributed by atoms with Crippen LogP contribution in [0.4, 0.5) is 18.9 Å². The summed E-state index contributed by atoms with van der Waals surface area (Å²) in [6.07, 6.45) is -3.39. The van der Waals surface area contributed by atoms with Crippen molar-refractivity contribution in [1.82, 2.24) is 0 Å². The Kier molecular flexibility index (Phi) is 7.76. The van der Waals surface area contributed by atoms with Crippen LogP contribution in [0, 0.1) is 11.3 Å². The van der Waals surface area contributed by atoms with E-state index in [1.807, 2.05) is 0 Å². The smallest absolute Gasteiger partial charge is 0.416 e. The third-order valence-electron chi connectivity index (χ3n) is 4.39. The molecule has 0 saturated carbocycles. The van der Waals surface area contributed by atoms with Gasteiger partial charge in [0.2, 0.25) is 0 Å². The molecule has 0 fully saturated rings. The van der Waals surface area contributed by atoms with Crippen molar-refractivity contribution >= 4 is 51.2 Å². The third-order valence-corrected chi connectivity index (χ3v) is 5.25. The van der Waals surface area contributed by atoms with Crippen molar-refractivity contribution in [3.05, 3.63) is 98.5 Å². The Bertz CT molecular complexity index is 1300. The highest BCUT2D eigenvalue weighted by Gasteiger charge is 2.31. The minimum Gasteiger partial charge on any atom is -0.423 e. The Morgan fingerprint density at radius 3 is 2.26 bits per heavy atom. The maximum Gasteiger partial charge on any atom is 0.416 e. The van der Waals surface area contributed by atoms with Crippen LogP contribution in [0.2, 0.25) is 5.02 Å². The minimum atomic E-state index is -4.62. The molecule has 0 radical (unpaired) electrons. The van der Waals surface area contributed by atoms with Gasteiger partial charge in [-0.15, -0.1) is 0 Å². The molecule has 1 amide bonds. The molecule has 0 aliphatic heterocycles. The molecule has 5 nitrogen and oxygen atoms in total. The highest BCUT2D eigenvalue weighted by molar-refractivity contribution is 9.10. The molecule has 0 aliphatic carbocycles. The fourth-order valence-electron chi connectivity index (χ4n) is 2.69. The topological polar surface area (TPSA) is 79.2 Å². The lowest BCUT2D eigenvalue weighted by Gasteiger charge is -2.11. The van der Waals surface area contributed by atoms with Gasteiger partial charge in [-0.05, 0) is 66.2 Å². The number of nitriles is 1. The Hall–Kier alpha value is -3.61. The van der Waals surface area contributed by atoms with Crippen LogP contribution in [-0.4, -0.2) is 11.9 Å². The maximum absolute atomic E-state index is 12.9. The fourth-order valence-corrected chi connectivity index (χ4v) is 3.12. The van der Waals surface area contributed by atoms with E-state index < -0.39 is 23.6 Å². The van der Waals surface area contributed by atoms with Crippen LogP contribution in [-0.2, 0) is 11.0 Å². The lowest BCUT2D eigenvalue weighted by molar-refractivity contribution is -0.137. The second-order valence-corrected chi connectivity index (χ2v) is 8.10. The number of carbonyl (C=O) groups excluding carboxylic acids is 2. The predicted molar refractivity (Wildman–Crippen MR) is 124 cm³/mol. The Balaban J connectivity index is 1.73. The SMILES string of the molecule is N#CC(=Cc1ccc(OC(=O)c2ccc(Br)cc2)cc1)C(=O)Nc1cc(C(F)(F)F)ccc1Cl. The number of carbonyl (C=O) groups is 2. The van der Waals surface area contributed by atoms with Crippen molar-refractivity contribution < 1.29 is 27.5 Å². The van der Waals surface area contributed by atoms with E-state index >= 15 is 0 Å². The van der Waals surface area contributed by atoms with Crippen LogP contribution in [0.15, 0.2) is 76.8 Å². The van der Waals surface area contributed by atoms with Crippen LogP contribution in [0.5, 0.6) is 5.75 Å². The van der Waals surface area contributed by atoms with Gasteiger partial charge in [0.15, 0.2) is 0 Å². The summed E-state index contributed by atoms with van der Waals surface area (Å²) in [5.41, 5.74) is -0.872. The molecule has 172 valence electrons. The number of hydrogen-bond donors (Lipinski definition) is 1. The first-order valence-electron chi connectivity index (χ1n) is 9.44.